The molecule has 0 bridgehead atoms. The normalized spacial score (nSPS) is 9.08. The van der Waals surface area contributed by atoms with Gasteiger partial charge in [-0.05, 0) is 6.92 Å². The van der Waals surface area contributed by atoms with E-state index in [0.717, 1.165) is 5.76 Å². The minimum Gasteiger partial charge on any atom is -0.428 e. The molecule has 0 saturated carbocycles. The standard InChI is InChI=1S/C8H11N3O/c1-2-3-4-10-5-7-6-11-8(9)12-7/h6,10H,4-5H2,1H3,(H2,9,11). The molecule has 64 valence electrons. The second kappa shape index (κ2) is 4.42. The first-order valence-electron chi connectivity index (χ1n) is 3.63. The van der Waals surface area contributed by atoms with Crippen molar-refractivity contribution in [2.45, 2.75) is 13.5 Å². The largest absolute Gasteiger partial charge is 0.428 e. The van der Waals surface area contributed by atoms with Gasteiger partial charge in [0.05, 0.1) is 19.3 Å². The van der Waals surface area contributed by atoms with Gasteiger partial charge in [0, 0.05) is 0 Å². The van der Waals surface area contributed by atoms with Crippen molar-refractivity contribution in [2.75, 3.05) is 12.3 Å². The van der Waals surface area contributed by atoms with Crippen LogP contribution in [0.4, 0.5) is 6.01 Å². The summed E-state index contributed by atoms with van der Waals surface area (Å²) in [7, 11) is 0. The van der Waals surface area contributed by atoms with Crippen LogP contribution in [0.25, 0.3) is 0 Å². The smallest absolute Gasteiger partial charge is 0.292 e. The number of nitrogens with two attached hydrogens (primary N) is 1. The Kier molecular flexibility index (Phi) is 3.17. The molecule has 1 rings (SSSR count). The van der Waals surface area contributed by atoms with E-state index in [0.29, 0.717) is 13.1 Å². The fraction of sp³-hybridized carbons (Fsp3) is 0.375. The number of nitrogens with one attached hydrogen (secondary N) is 1. The van der Waals surface area contributed by atoms with Crippen molar-refractivity contribution >= 4 is 6.01 Å². The number of hydrogen-bond acceptors (Lipinski definition) is 4. The Hall–Kier alpha value is -1.47. The summed E-state index contributed by atoms with van der Waals surface area (Å²) in [5.41, 5.74) is 5.28. The Morgan fingerprint density at radius 3 is 3.17 bits per heavy atom. The van der Waals surface area contributed by atoms with Crippen molar-refractivity contribution < 1.29 is 4.42 Å². The average molecular weight is 165 g/mol. The molecule has 0 aliphatic rings. The van der Waals surface area contributed by atoms with Crippen LogP contribution in [0.2, 0.25) is 0 Å². The van der Waals surface area contributed by atoms with Crippen LogP contribution in [0.3, 0.4) is 0 Å². The van der Waals surface area contributed by atoms with Crippen molar-refractivity contribution in [3.63, 3.8) is 0 Å². The summed E-state index contributed by atoms with van der Waals surface area (Å²) in [4.78, 5) is 3.75. The molecule has 1 aromatic rings. The van der Waals surface area contributed by atoms with Gasteiger partial charge in [0.25, 0.3) is 6.01 Å². The zero-order valence-electron chi connectivity index (χ0n) is 6.92. The molecule has 0 aliphatic carbocycles. The Balaban J connectivity index is 2.27. The van der Waals surface area contributed by atoms with Crippen LogP contribution in [0.5, 0.6) is 0 Å². The summed E-state index contributed by atoms with van der Waals surface area (Å²) in [5.74, 6) is 6.37. The Labute approximate surface area is 71.2 Å². The van der Waals surface area contributed by atoms with Crippen LogP contribution in [-0.4, -0.2) is 11.5 Å². The molecule has 4 heteroatoms. The number of oxazole rings is 1. The van der Waals surface area contributed by atoms with Gasteiger partial charge in [-0.15, -0.1) is 5.92 Å². The van der Waals surface area contributed by atoms with E-state index in [4.69, 9.17) is 10.2 Å². The lowest BCUT2D eigenvalue weighted by Crippen LogP contribution is -2.12. The molecule has 1 aromatic heterocycles. The van der Waals surface area contributed by atoms with Gasteiger partial charge in [0.2, 0.25) is 0 Å². The summed E-state index contributed by atoms with van der Waals surface area (Å²) in [6.07, 6.45) is 1.60. The van der Waals surface area contributed by atoms with E-state index < -0.39 is 0 Å². The molecule has 0 aromatic carbocycles. The van der Waals surface area contributed by atoms with E-state index in [1.165, 1.54) is 0 Å². The highest BCUT2D eigenvalue weighted by molar-refractivity contribution is 5.10. The average Bonchev–Trinajstić information content (AvgIpc) is 2.45. The Morgan fingerprint density at radius 1 is 1.75 bits per heavy atom. The molecule has 0 saturated heterocycles. The molecule has 0 radical (unpaired) electrons. The molecular formula is C8H11N3O. The number of rotatable bonds is 3. The molecule has 4 nitrogen and oxygen atoms in total. The SMILES string of the molecule is CC#CCNCc1cnc(N)o1. The van der Waals surface area contributed by atoms with Crippen LogP contribution in [0, 0.1) is 11.8 Å². The number of aromatic nitrogens is 1. The first-order chi connectivity index (χ1) is 5.83. The quantitative estimate of drug-likeness (QED) is 0.501. The third-order valence-electron chi connectivity index (χ3n) is 1.26. The van der Waals surface area contributed by atoms with Crippen LogP contribution >= 0.6 is 0 Å². The predicted molar refractivity (Wildman–Crippen MR) is 46.1 cm³/mol. The summed E-state index contributed by atoms with van der Waals surface area (Å²) >= 11 is 0. The van der Waals surface area contributed by atoms with E-state index in [-0.39, 0.29) is 6.01 Å². The highest BCUT2D eigenvalue weighted by Gasteiger charge is 1.97. The summed E-state index contributed by atoms with van der Waals surface area (Å²) in [6, 6.07) is 0.202. The maximum Gasteiger partial charge on any atom is 0.292 e. The van der Waals surface area contributed by atoms with Gasteiger partial charge in [-0.25, -0.2) is 4.98 Å². The first kappa shape index (κ1) is 8.62. The minimum absolute atomic E-state index is 0.202. The Bertz CT molecular complexity index is 295. The van der Waals surface area contributed by atoms with Crippen molar-refractivity contribution in [1.82, 2.24) is 10.3 Å². The van der Waals surface area contributed by atoms with Crippen LogP contribution in [0.15, 0.2) is 10.6 Å². The lowest BCUT2D eigenvalue weighted by atomic mass is 10.5. The van der Waals surface area contributed by atoms with E-state index in [9.17, 15) is 0 Å². The molecule has 0 atom stereocenters. The summed E-state index contributed by atoms with van der Waals surface area (Å²) < 4.78 is 5.02. The lowest BCUT2D eigenvalue weighted by molar-refractivity contribution is 0.503. The monoisotopic (exact) mass is 165 g/mol. The molecule has 1 heterocycles. The number of nitrogens with zero attached hydrogens (tertiary/aromatic N) is 1. The highest BCUT2D eigenvalue weighted by atomic mass is 16.4. The van der Waals surface area contributed by atoms with Crippen molar-refractivity contribution in [3.8, 4) is 11.8 Å². The fourth-order valence-electron chi connectivity index (χ4n) is 0.741. The van der Waals surface area contributed by atoms with E-state index in [2.05, 4.69) is 22.1 Å². The molecule has 12 heavy (non-hydrogen) atoms. The van der Waals surface area contributed by atoms with Gasteiger partial charge in [0.1, 0.15) is 5.76 Å². The van der Waals surface area contributed by atoms with Crippen molar-refractivity contribution in [1.29, 1.82) is 0 Å². The third-order valence-corrected chi connectivity index (χ3v) is 1.26. The maximum absolute atomic E-state index is 5.28. The fourth-order valence-corrected chi connectivity index (χ4v) is 0.741. The summed E-state index contributed by atoms with van der Waals surface area (Å²) in [6.45, 7) is 3.06. The Morgan fingerprint density at radius 2 is 2.58 bits per heavy atom. The van der Waals surface area contributed by atoms with Crippen LogP contribution < -0.4 is 11.1 Å². The van der Waals surface area contributed by atoms with E-state index in [1.54, 1.807) is 13.1 Å². The zero-order valence-corrected chi connectivity index (χ0v) is 6.92. The van der Waals surface area contributed by atoms with Gasteiger partial charge < -0.3 is 10.2 Å². The molecule has 0 spiro atoms. The second-order valence-electron chi connectivity index (χ2n) is 2.20. The molecule has 0 aliphatic heterocycles. The molecule has 0 amide bonds. The van der Waals surface area contributed by atoms with Gasteiger partial charge in [0.15, 0.2) is 0 Å². The van der Waals surface area contributed by atoms with Gasteiger partial charge >= 0.3 is 0 Å². The van der Waals surface area contributed by atoms with Gasteiger partial charge in [-0.3, -0.25) is 5.32 Å². The number of nitrogen functional groups attached to an aromatic ring is 1. The zero-order chi connectivity index (χ0) is 8.81. The van der Waals surface area contributed by atoms with Crippen molar-refractivity contribution in [2.24, 2.45) is 0 Å². The molecular weight excluding hydrogens is 154 g/mol. The predicted octanol–water partition coefficient (Wildman–Crippen LogP) is 0.370. The van der Waals surface area contributed by atoms with Crippen LogP contribution in [0.1, 0.15) is 12.7 Å². The van der Waals surface area contributed by atoms with Crippen LogP contribution in [-0.2, 0) is 6.54 Å². The topological polar surface area (TPSA) is 64.1 Å². The van der Waals surface area contributed by atoms with Gasteiger partial charge in [-0.2, -0.15) is 0 Å². The number of anilines is 1. The van der Waals surface area contributed by atoms with Crippen molar-refractivity contribution in [3.05, 3.63) is 12.0 Å². The highest BCUT2D eigenvalue weighted by Crippen LogP contribution is 2.02. The summed E-state index contributed by atoms with van der Waals surface area (Å²) in [5, 5.41) is 3.05. The maximum atomic E-state index is 5.28. The molecule has 0 fully saturated rings. The minimum atomic E-state index is 0.202. The molecule has 3 N–H and O–H groups in total. The number of hydrogen-bond donors (Lipinski definition) is 2. The van der Waals surface area contributed by atoms with E-state index in [1.807, 2.05) is 0 Å². The molecule has 0 unspecified atom stereocenters. The van der Waals surface area contributed by atoms with E-state index >= 15 is 0 Å². The second-order valence-corrected chi connectivity index (χ2v) is 2.20. The third kappa shape index (κ3) is 2.64. The first-order valence-corrected chi connectivity index (χ1v) is 3.63. The van der Waals surface area contributed by atoms with Gasteiger partial charge in [-0.1, -0.05) is 5.92 Å². The lowest BCUT2D eigenvalue weighted by Gasteiger charge is -1.93.